The summed E-state index contributed by atoms with van der Waals surface area (Å²) in [4.78, 5) is -0.0550. The molecular weight excluding hydrogens is 309 g/mol. The Balaban J connectivity index is 2.14. The molecule has 8 heteroatoms. The van der Waals surface area contributed by atoms with Crippen molar-refractivity contribution in [2.75, 3.05) is 0 Å². The van der Waals surface area contributed by atoms with Crippen LogP contribution in [0.3, 0.4) is 0 Å². The van der Waals surface area contributed by atoms with Crippen LogP contribution in [0.4, 0.5) is 13.2 Å². The van der Waals surface area contributed by atoms with E-state index in [-0.39, 0.29) is 10.6 Å². The molecule has 0 aromatic heterocycles. The summed E-state index contributed by atoms with van der Waals surface area (Å²) >= 11 is 0. The normalized spacial score (nSPS) is 12.0. The van der Waals surface area contributed by atoms with Crippen molar-refractivity contribution in [3.8, 4) is 11.5 Å². The lowest BCUT2D eigenvalue weighted by Gasteiger charge is -2.10. The van der Waals surface area contributed by atoms with Crippen LogP contribution in [0.25, 0.3) is 0 Å². The van der Waals surface area contributed by atoms with Gasteiger partial charge in [0.25, 0.3) is 0 Å². The fourth-order valence-corrected chi connectivity index (χ4v) is 2.41. The van der Waals surface area contributed by atoms with E-state index >= 15 is 0 Å². The van der Waals surface area contributed by atoms with E-state index in [0.29, 0.717) is 0 Å². The van der Waals surface area contributed by atoms with E-state index in [1.54, 1.807) is 6.07 Å². The van der Waals surface area contributed by atoms with Gasteiger partial charge in [0.05, 0.1) is 0 Å². The van der Waals surface area contributed by atoms with Gasteiger partial charge >= 0.3 is 16.5 Å². The van der Waals surface area contributed by atoms with E-state index in [2.05, 4.69) is 4.74 Å². The van der Waals surface area contributed by atoms with Crippen molar-refractivity contribution in [1.29, 1.82) is 0 Å². The molecule has 0 aliphatic rings. The Morgan fingerprint density at radius 3 is 1.86 bits per heavy atom. The molecule has 0 bridgehead atoms. The van der Waals surface area contributed by atoms with E-state index < -0.39 is 22.2 Å². The lowest BCUT2D eigenvalue weighted by Crippen LogP contribution is -2.17. The zero-order valence-electron chi connectivity index (χ0n) is 10.4. The van der Waals surface area contributed by atoms with Crippen LogP contribution < -0.4 is 8.92 Å². The molecule has 0 amide bonds. The third kappa shape index (κ3) is 4.38. The Hall–Kier alpha value is -2.22. The maximum atomic E-state index is 12.0. The third-order valence-corrected chi connectivity index (χ3v) is 3.56. The predicted octanol–water partition coefficient (Wildman–Crippen LogP) is 3.35. The largest absolute Gasteiger partial charge is 0.573 e. The highest BCUT2D eigenvalue weighted by Crippen LogP contribution is 2.26. The number of hydrogen-bond donors (Lipinski definition) is 0. The first-order chi connectivity index (χ1) is 9.76. The lowest BCUT2D eigenvalue weighted by atomic mass is 10.3. The van der Waals surface area contributed by atoms with Crippen LogP contribution in [0.2, 0.25) is 0 Å². The summed E-state index contributed by atoms with van der Waals surface area (Å²) in [5, 5.41) is 0. The Morgan fingerprint density at radius 2 is 1.33 bits per heavy atom. The van der Waals surface area contributed by atoms with E-state index in [9.17, 15) is 21.6 Å². The molecule has 0 N–H and O–H groups in total. The van der Waals surface area contributed by atoms with Gasteiger partial charge in [-0.3, -0.25) is 0 Å². The van der Waals surface area contributed by atoms with Crippen molar-refractivity contribution < 1.29 is 30.5 Å². The second-order valence-corrected chi connectivity index (χ2v) is 5.42. The topological polar surface area (TPSA) is 52.6 Å². The third-order valence-electron chi connectivity index (χ3n) is 2.30. The monoisotopic (exact) mass is 318 g/mol. The quantitative estimate of drug-likeness (QED) is 0.811. The number of rotatable bonds is 4. The standard InChI is InChI=1S/C13H9F3O4S/c14-13(15,16)19-10-6-8-11(9-7-10)20-21(17,18)12-4-2-1-3-5-12/h1-9H. The fourth-order valence-electron chi connectivity index (χ4n) is 1.46. The number of hydrogen-bond acceptors (Lipinski definition) is 4. The molecule has 0 aliphatic carbocycles. The number of benzene rings is 2. The van der Waals surface area contributed by atoms with Crippen LogP contribution in [0.15, 0.2) is 59.5 Å². The summed E-state index contributed by atoms with van der Waals surface area (Å²) in [5.41, 5.74) is 0. The summed E-state index contributed by atoms with van der Waals surface area (Å²) in [7, 11) is -4.02. The second kappa shape index (κ2) is 5.65. The van der Waals surface area contributed by atoms with Crippen molar-refractivity contribution in [3.63, 3.8) is 0 Å². The molecule has 21 heavy (non-hydrogen) atoms. The van der Waals surface area contributed by atoms with Gasteiger partial charge in [-0.25, -0.2) is 0 Å². The molecule has 0 aliphatic heterocycles. The maximum Gasteiger partial charge on any atom is 0.573 e. The summed E-state index contributed by atoms with van der Waals surface area (Å²) in [6, 6.07) is 11.4. The minimum atomic E-state index is -4.81. The van der Waals surface area contributed by atoms with E-state index in [4.69, 9.17) is 4.18 Å². The summed E-state index contributed by atoms with van der Waals surface area (Å²) in [6.07, 6.45) is -4.81. The van der Waals surface area contributed by atoms with Crippen molar-refractivity contribution >= 4 is 10.1 Å². The average molecular weight is 318 g/mol. The predicted molar refractivity (Wildman–Crippen MR) is 67.4 cm³/mol. The van der Waals surface area contributed by atoms with Crippen molar-refractivity contribution in [1.82, 2.24) is 0 Å². The van der Waals surface area contributed by atoms with Crippen LogP contribution in [-0.2, 0) is 10.1 Å². The second-order valence-electron chi connectivity index (χ2n) is 3.87. The molecule has 4 nitrogen and oxygen atoms in total. The summed E-state index contributed by atoms with van der Waals surface area (Å²) in [5.74, 6) is -0.583. The molecule has 2 aromatic carbocycles. The van der Waals surface area contributed by atoms with Crippen molar-refractivity contribution in [3.05, 3.63) is 54.6 Å². The molecule has 112 valence electrons. The molecule has 2 aromatic rings. The molecule has 0 saturated heterocycles. The average Bonchev–Trinajstić information content (AvgIpc) is 2.40. The highest BCUT2D eigenvalue weighted by molar-refractivity contribution is 7.87. The SMILES string of the molecule is O=S(=O)(Oc1ccc(OC(F)(F)F)cc1)c1ccccc1. The van der Waals surface area contributed by atoms with Gasteiger partial charge in [0.1, 0.15) is 16.4 Å². The maximum absolute atomic E-state index is 12.0. The molecule has 0 saturated carbocycles. The smallest absolute Gasteiger partial charge is 0.406 e. The van der Waals surface area contributed by atoms with E-state index in [1.807, 2.05) is 0 Å². The minimum absolute atomic E-state index is 0.0550. The van der Waals surface area contributed by atoms with Crippen molar-refractivity contribution in [2.24, 2.45) is 0 Å². The first-order valence-electron chi connectivity index (χ1n) is 5.62. The van der Waals surface area contributed by atoms with Gasteiger partial charge in [0.2, 0.25) is 0 Å². The van der Waals surface area contributed by atoms with Crippen molar-refractivity contribution in [2.45, 2.75) is 11.3 Å². The van der Waals surface area contributed by atoms with Gasteiger partial charge in [-0.05, 0) is 36.4 Å². The van der Waals surface area contributed by atoms with Gasteiger partial charge in [-0.2, -0.15) is 8.42 Å². The lowest BCUT2D eigenvalue weighted by molar-refractivity contribution is -0.274. The van der Waals surface area contributed by atoms with Gasteiger partial charge in [-0.1, -0.05) is 18.2 Å². The number of alkyl halides is 3. The van der Waals surface area contributed by atoms with Crippen LogP contribution in [0, 0.1) is 0 Å². The molecular formula is C13H9F3O4S. The zero-order valence-corrected chi connectivity index (χ0v) is 11.2. The minimum Gasteiger partial charge on any atom is -0.406 e. The Labute approximate surface area is 118 Å². The molecule has 0 heterocycles. The zero-order chi connectivity index (χ0) is 15.5. The van der Waals surface area contributed by atoms with Crippen LogP contribution in [0.1, 0.15) is 0 Å². The van der Waals surface area contributed by atoms with Crippen LogP contribution >= 0.6 is 0 Å². The Kier molecular flexibility index (Phi) is 4.08. The Bertz CT molecular complexity index is 694. The molecule has 0 fully saturated rings. The first-order valence-corrected chi connectivity index (χ1v) is 7.02. The molecule has 0 spiro atoms. The van der Waals surface area contributed by atoms with Gasteiger partial charge in [0.15, 0.2) is 0 Å². The van der Waals surface area contributed by atoms with Gasteiger partial charge in [0, 0.05) is 0 Å². The highest BCUT2D eigenvalue weighted by Gasteiger charge is 2.31. The number of halogens is 3. The summed E-state index contributed by atoms with van der Waals surface area (Å²) in [6.45, 7) is 0. The molecule has 2 rings (SSSR count). The van der Waals surface area contributed by atoms with Crippen LogP contribution in [0.5, 0.6) is 11.5 Å². The molecule has 0 unspecified atom stereocenters. The first kappa shape index (κ1) is 15.2. The molecule has 0 radical (unpaired) electrons. The number of ether oxygens (including phenoxy) is 1. The van der Waals surface area contributed by atoms with Gasteiger partial charge in [-0.15, -0.1) is 13.2 Å². The molecule has 0 atom stereocenters. The van der Waals surface area contributed by atoms with E-state index in [0.717, 1.165) is 24.3 Å². The highest BCUT2D eigenvalue weighted by atomic mass is 32.2. The van der Waals surface area contributed by atoms with E-state index in [1.165, 1.54) is 24.3 Å². The summed E-state index contributed by atoms with van der Waals surface area (Å²) < 4.78 is 68.2. The fraction of sp³-hybridized carbons (Fsp3) is 0.0769. The van der Waals surface area contributed by atoms with Gasteiger partial charge < -0.3 is 8.92 Å². The van der Waals surface area contributed by atoms with Crippen LogP contribution in [-0.4, -0.2) is 14.8 Å². The Morgan fingerprint density at radius 1 is 0.810 bits per heavy atom.